The fraction of sp³-hybridized carbons (Fsp3) is 0. The van der Waals surface area contributed by atoms with Gasteiger partial charge in [-0.2, -0.15) is 0 Å². The van der Waals surface area contributed by atoms with Crippen molar-refractivity contribution in [3.63, 3.8) is 0 Å². The van der Waals surface area contributed by atoms with Crippen LogP contribution in [0.1, 0.15) is 0 Å². The van der Waals surface area contributed by atoms with E-state index in [-0.39, 0.29) is 20.1 Å². The minimum absolute atomic E-state index is 0.148. The van der Waals surface area contributed by atoms with Crippen LogP contribution in [0.5, 0.6) is 0 Å². The van der Waals surface area contributed by atoms with E-state index in [9.17, 15) is 0 Å². The van der Waals surface area contributed by atoms with Gasteiger partial charge in [0.15, 0.2) is 0 Å². The maximum atomic E-state index is 6.47. The van der Waals surface area contributed by atoms with Crippen molar-refractivity contribution in [2.45, 2.75) is 0 Å². The Morgan fingerprint density at radius 2 is 1.14 bits per heavy atom. The summed E-state index contributed by atoms with van der Waals surface area (Å²) >= 11 is 43.4. The Hall–Kier alpha value is 0.210. The molecule has 0 saturated heterocycles. The van der Waals surface area contributed by atoms with Crippen LogP contribution < -0.4 is 0 Å². The maximum absolute atomic E-state index is 6.47. The van der Waals surface area contributed by atoms with Crippen molar-refractivity contribution >= 4 is 103 Å². The molecule has 0 bridgehead atoms. The van der Waals surface area contributed by atoms with Crippen molar-refractivity contribution in [2.75, 3.05) is 0 Å². The molecular formula is C14H3Cl7. The van der Waals surface area contributed by atoms with Gasteiger partial charge in [0.05, 0.1) is 35.2 Å². The molecule has 0 unspecified atom stereocenters. The smallest absolute Gasteiger partial charge is 0.0800 e. The summed E-state index contributed by atoms with van der Waals surface area (Å²) in [5, 5.41) is 4.39. The van der Waals surface area contributed by atoms with Crippen LogP contribution in [0.3, 0.4) is 0 Å². The summed E-state index contributed by atoms with van der Waals surface area (Å²) < 4.78 is 0. The van der Waals surface area contributed by atoms with Crippen molar-refractivity contribution in [1.82, 2.24) is 0 Å². The van der Waals surface area contributed by atoms with E-state index in [2.05, 4.69) is 0 Å². The summed E-state index contributed by atoms with van der Waals surface area (Å²) in [5.74, 6) is 0. The zero-order valence-electron chi connectivity index (χ0n) is 9.88. The van der Waals surface area contributed by atoms with Crippen LogP contribution in [0, 0.1) is 0 Å². The number of hydrogen-bond donors (Lipinski definition) is 0. The molecule has 0 aromatic heterocycles. The van der Waals surface area contributed by atoms with Crippen LogP contribution >= 0.6 is 81.2 Å². The average Bonchev–Trinajstić information content (AvgIpc) is 2.46. The Morgan fingerprint density at radius 1 is 0.524 bits per heavy atom. The number of fused-ring (bicyclic) bond motifs is 2. The molecule has 21 heavy (non-hydrogen) atoms. The molecule has 3 aromatic rings. The highest BCUT2D eigenvalue weighted by Crippen LogP contribution is 2.49. The number of benzene rings is 3. The first kappa shape index (κ1) is 16.1. The minimum atomic E-state index is 0.148. The lowest BCUT2D eigenvalue weighted by atomic mass is 10.0. The molecule has 0 aliphatic carbocycles. The van der Waals surface area contributed by atoms with Gasteiger partial charge in [-0.1, -0.05) is 87.3 Å². The van der Waals surface area contributed by atoms with E-state index < -0.39 is 0 Å². The van der Waals surface area contributed by atoms with Crippen LogP contribution in [0.25, 0.3) is 21.5 Å². The highest BCUT2D eigenvalue weighted by molar-refractivity contribution is 6.58. The molecule has 3 rings (SSSR count). The molecule has 3 aromatic carbocycles. The molecule has 0 spiro atoms. The highest BCUT2D eigenvalue weighted by atomic mass is 35.5. The normalized spacial score (nSPS) is 11.6. The molecule has 7 heteroatoms. The predicted molar refractivity (Wildman–Crippen MR) is 96.5 cm³/mol. The van der Waals surface area contributed by atoms with E-state index in [4.69, 9.17) is 81.2 Å². The van der Waals surface area contributed by atoms with E-state index in [0.29, 0.717) is 31.2 Å². The van der Waals surface area contributed by atoms with Gasteiger partial charge in [-0.05, 0) is 17.5 Å². The Morgan fingerprint density at radius 3 is 1.81 bits per heavy atom. The maximum Gasteiger partial charge on any atom is 0.0800 e. The molecular weight excluding hydrogens is 416 g/mol. The molecule has 0 amide bonds. The molecule has 0 saturated carbocycles. The second-order valence-corrected chi connectivity index (χ2v) is 7.00. The van der Waals surface area contributed by atoms with Crippen molar-refractivity contribution in [1.29, 1.82) is 0 Å². The summed E-state index contributed by atoms with van der Waals surface area (Å²) in [5.41, 5.74) is 0. The molecule has 0 atom stereocenters. The Balaban J connectivity index is 2.67. The van der Waals surface area contributed by atoms with E-state index >= 15 is 0 Å². The first-order chi connectivity index (χ1) is 9.84. The van der Waals surface area contributed by atoms with E-state index in [1.54, 1.807) is 18.2 Å². The molecule has 108 valence electrons. The summed E-state index contributed by atoms with van der Waals surface area (Å²) in [4.78, 5) is 0. The van der Waals surface area contributed by atoms with E-state index in [1.165, 1.54) is 0 Å². The Labute approximate surface area is 155 Å². The standard InChI is InChI=1S/C14H3Cl7/c15-6-2-1-4-3-5-8(11(18)7(4)10(6)17)12(19)14(21)13(20)9(5)16/h1-3H. The van der Waals surface area contributed by atoms with Crippen molar-refractivity contribution in [2.24, 2.45) is 0 Å². The lowest BCUT2D eigenvalue weighted by molar-refractivity contribution is 1.75. The van der Waals surface area contributed by atoms with Crippen LogP contribution in [0.4, 0.5) is 0 Å². The second kappa shape index (κ2) is 5.69. The topological polar surface area (TPSA) is 0 Å². The zero-order chi connectivity index (χ0) is 15.5. The van der Waals surface area contributed by atoms with Crippen molar-refractivity contribution < 1.29 is 0 Å². The van der Waals surface area contributed by atoms with Gasteiger partial charge in [0, 0.05) is 16.2 Å². The first-order valence-electron chi connectivity index (χ1n) is 5.56. The van der Waals surface area contributed by atoms with Crippen molar-refractivity contribution in [3.8, 4) is 0 Å². The summed E-state index contributed by atoms with van der Waals surface area (Å²) in [6.45, 7) is 0. The fourth-order valence-corrected chi connectivity index (χ4v) is 4.13. The molecule has 0 aliphatic rings. The minimum Gasteiger partial charge on any atom is -0.0829 e. The van der Waals surface area contributed by atoms with Gasteiger partial charge in [0.25, 0.3) is 0 Å². The lowest BCUT2D eigenvalue weighted by Gasteiger charge is -2.13. The van der Waals surface area contributed by atoms with Gasteiger partial charge in [-0.25, -0.2) is 0 Å². The number of hydrogen-bond acceptors (Lipinski definition) is 0. The molecule has 0 radical (unpaired) electrons. The quantitative estimate of drug-likeness (QED) is 0.194. The SMILES string of the molecule is Clc1ccc2cc3c(Cl)c(Cl)c(Cl)c(Cl)c3c(Cl)c2c1Cl. The molecule has 0 aliphatic heterocycles. The van der Waals surface area contributed by atoms with Gasteiger partial charge in [0.1, 0.15) is 0 Å². The van der Waals surface area contributed by atoms with Gasteiger partial charge in [0.2, 0.25) is 0 Å². The monoisotopic (exact) mass is 416 g/mol. The predicted octanol–water partition coefficient (Wildman–Crippen LogP) is 8.57. The van der Waals surface area contributed by atoms with Crippen LogP contribution in [-0.4, -0.2) is 0 Å². The average molecular weight is 419 g/mol. The largest absolute Gasteiger partial charge is 0.0829 e. The third kappa shape index (κ3) is 2.37. The summed E-state index contributed by atoms with van der Waals surface area (Å²) in [6.07, 6.45) is 0. The highest BCUT2D eigenvalue weighted by Gasteiger charge is 2.20. The Kier molecular flexibility index (Phi) is 4.36. The number of halogens is 7. The molecule has 0 nitrogen and oxygen atoms in total. The third-order valence-electron chi connectivity index (χ3n) is 3.17. The summed E-state index contributed by atoms with van der Waals surface area (Å²) in [7, 11) is 0. The molecule has 0 fully saturated rings. The van der Waals surface area contributed by atoms with Crippen LogP contribution in [0.15, 0.2) is 18.2 Å². The number of rotatable bonds is 0. The van der Waals surface area contributed by atoms with Gasteiger partial charge < -0.3 is 0 Å². The van der Waals surface area contributed by atoms with E-state index in [0.717, 1.165) is 5.39 Å². The van der Waals surface area contributed by atoms with Crippen molar-refractivity contribution in [3.05, 3.63) is 53.4 Å². The summed E-state index contributed by atoms with van der Waals surface area (Å²) in [6, 6.07) is 5.28. The molecule has 0 heterocycles. The van der Waals surface area contributed by atoms with E-state index in [1.807, 2.05) is 0 Å². The van der Waals surface area contributed by atoms with Gasteiger partial charge in [-0.3, -0.25) is 0 Å². The fourth-order valence-electron chi connectivity index (χ4n) is 2.19. The van der Waals surface area contributed by atoms with Gasteiger partial charge >= 0.3 is 0 Å². The lowest BCUT2D eigenvalue weighted by Crippen LogP contribution is -1.86. The second-order valence-electron chi connectivity index (χ2n) is 4.33. The molecule has 0 N–H and O–H groups in total. The zero-order valence-corrected chi connectivity index (χ0v) is 15.2. The third-order valence-corrected chi connectivity index (χ3v) is 6.17. The Bertz CT molecular complexity index is 915. The van der Waals surface area contributed by atoms with Crippen LogP contribution in [0.2, 0.25) is 35.2 Å². The first-order valence-corrected chi connectivity index (χ1v) is 8.21. The van der Waals surface area contributed by atoms with Crippen LogP contribution in [-0.2, 0) is 0 Å². The van der Waals surface area contributed by atoms with Gasteiger partial charge in [-0.15, -0.1) is 0 Å².